The minimum absolute atomic E-state index is 0.102. The fourth-order valence-corrected chi connectivity index (χ4v) is 11.4. The molecular weight excluding hydrogens is 386 g/mol. The zero-order valence-corrected chi connectivity index (χ0v) is 18.2. The normalized spacial score (nSPS) is 58.8. The first kappa shape index (κ1) is 17.9. The lowest BCUT2D eigenvalue weighted by Crippen LogP contribution is -2.69. The van der Waals surface area contributed by atoms with Crippen molar-refractivity contribution in [3.05, 3.63) is 48.0 Å². The van der Waals surface area contributed by atoms with Crippen molar-refractivity contribution in [2.24, 2.45) is 39.9 Å². The number of fused-ring (bicyclic) bond motifs is 1. The van der Waals surface area contributed by atoms with Gasteiger partial charge in [-0.05, 0) is 66.1 Å². The topological polar surface area (TPSA) is 49.8 Å². The second kappa shape index (κ2) is 5.12. The molecule has 10 rings (SSSR count). The Bertz CT molecular complexity index is 1040. The van der Waals surface area contributed by atoms with E-state index in [4.69, 9.17) is 4.74 Å². The summed E-state index contributed by atoms with van der Waals surface area (Å²) >= 11 is 0. The van der Waals surface area contributed by atoms with Gasteiger partial charge >= 0.3 is 5.97 Å². The average Bonchev–Trinajstić information content (AvgIpc) is 3.19. The molecule has 31 heavy (non-hydrogen) atoms. The van der Waals surface area contributed by atoms with Gasteiger partial charge < -0.3 is 9.84 Å². The SMILES string of the molecule is C=C1[C@H]2C[C@@H]3C4N5C[C@]6(C)CCC[C@@]47[C@@H]6[C@@H]5C[C@]3([C@@H]1O)[C@H]7[C@H]2OC(=O)c1ccccc1. The van der Waals surface area contributed by atoms with Crippen LogP contribution in [0.5, 0.6) is 0 Å². The minimum atomic E-state index is -0.424. The highest BCUT2D eigenvalue weighted by Gasteiger charge is 2.90. The van der Waals surface area contributed by atoms with Gasteiger partial charge in [0.2, 0.25) is 0 Å². The van der Waals surface area contributed by atoms with E-state index in [1.54, 1.807) is 0 Å². The van der Waals surface area contributed by atoms with Gasteiger partial charge in [0, 0.05) is 35.9 Å². The molecule has 162 valence electrons. The van der Waals surface area contributed by atoms with E-state index in [1.165, 1.54) is 25.8 Å². The van der Waals surface area contributed by atoms with Gasteiger partial charge in [0.1, 0.15) is 6.10 Å². The summed E-state index contributed by atoms with van der Waals surface area (Å²) in [5, 5.41) is 11.7. The monoisotopic (exact) mass is 417 g/mol. The third-order valence-corrected chi connectivity index (χ3v) is 11.6. The van der Waals surface area contributed by atoms with Crippen LogP contribution in [0.3, 0.4) is 0 Å². The highest BCUT2D eigenvalue weighted by atomic mass is 16.5. The van der Waals surface area contributed by atoms with E-state index in [0.717, 1.165) is 18.4 Å². The van der Waals surface area contributed by atoms with Gasteiger partial charge in [-0.1, -0.05) is 38.1 Å². The van der Waals surface area contributed by atoms with Crippen molar-refractivity contribution < 1.29 is 14.6 Å². The molecule has 9 aliphatic rings. The zero-order chi connectivity index (χ0) is 20.9. The van der Waals surface area contributed by atoms with Gasteiger partial charge in [-0.3, -0.25) is 4.90 Å². The lowest BCUT2D eigenvalue weighted by Gasteiger charge is -2.66. The number of carbonyl (C=O) groups is 1. The highest BCUT2D eigenvalue weighted by molar-refractivity contribution is 5.89. The number of aliphatic hydroxyl groups is 1. The van der Waals surface area contributed by atoms with Crippen LogP contribution >= 0.6 is 0 Å². The van der Waals surface area contributed by atoms with Crippen LogP contribution < -0.4 is 0 Å². The van der Waals surface area contributed by atoms with Crippen molar-refractivity contribution in [1.29, 1.82) is 0 Å². The first-order valence-corrected chi connectivity index (χ1v) is 12.3. The Hall–Kier alpha value is -1.65. The second-order valence-electron chi connectivity index (χ2n) is 12.2. The maximum Gasteiger partial charge on any atom is 0.338 e. The molecule has 3 heterocycles. The molecule has 1 aromatic rings. The van der Waals surface area contributed by atoms with Crippen molar-refractivity contribution in [2.45, 2.75) is 63.3 Å². The molecule has 12 atom stereocenters. The van der Waals surface area contributed by atoms with Crippen molar-refractivity contribution in [2.75, 3.05) is 6.54 Å². The minimum Gasteiger partial charge on any atom is -0.458 e. The summed E-state index contributed by atoms with van der Waals surface area (Å²) in [6.45, 7) is 8.15. The van der Waals surface area contributed by atoms with Gasteiger partial charge in [-0.15, -0.1) is 0 Å². The highest BCUT2D eigenvalue weighted by Crippen LogP contribution is 2.87. The Kier molecular flexibility index (Phi) is 2.95. The number of aliphatic hydroxyl groups excluding tert-OH is 1. The molecule has 0 radical (unpaired) electrons. The van der Waals surface area contributed by atoms with Gasteiger partial charge in [0.05, 0.1) is 11.7 Å². The van der Waals surface area contributed by atoms with Crippen molar-refractivity contribution in [3.8, 4) is 0 Å². The smallest absolute Gasteiger partial charge is 0.338 e. The summed E-state index contributed by atoms with van der Waals surface area (Å²) in [6.07, 6.45) is 5.42. The molecular formula is C27H31NO3. The molecule has 0 amide bonds. The molecule has 1 aromatic carbocycles. The number of hydrogen-bond donors (Lipinski definition) is 1. The van der Waals surface area contributed by atoms with Gasteiger partial charge in [-0.25, -0.2) is 4.79 Å². The number of hydrogen-bond acceptors (Lipinski definition) is 4. The molecule has 6 aliphatic carbocycles. The van der Waals surface area contributed by atoms with E-state index in [9.17, 15) is 9.90 Å². The van der Waals surface area contributed by atoms with Crippen molar-refractivity contribution in [1.82, 2.24) is 4.90 Å². The Balaban J connectivity index is 1.30. The van der Waals surface area contributed by atoms with Crippen LogP contribution in [0.2, 0.25) is 0 Å². The van der Waals surface area contributed by atoms with E-state index in [-0.39, 0.29) is 34.7 Å². The molecule has 2 unspecified atom stereocenters. The fourth-order valence-electron chi connectivity index (χ4n) is 11.4. The predicted octanol–water partition coefficient (Wildman–Crippen LogP) is 3.66. The van der Waals surface area contributed by atoms with Crippen LogP contribution in [0.4, 0.5) is 0 Å². The second-order valence-corrected chi connectivity index (χ2v) is 12.2. The maximum absolute atomic E-state index is 13.2. The predicted molar refractivity (Wildman–Crippen MR) is 115 cm³/mol. The lowest BCUT2D eigenvalue weighted by molar-refractivity contribution is -0.213. The third kappa shape index (κ3) is 1.62. The Morgan fingerprint density at radius 3 is 2.81 bits per heavy atom. The first-order chi connectivity index (χ1) is 14.9. The molecule has 0 aromatic heterocycles. The summed E-state index contributed by atoms with van der Waals surface area (Å²) in [4.78, 5) is 16.1. The van der Waals surface area contributed by atoms with E-state index in [0.29, 0.717) is 34.9 Å². The number of ether oxygens (including phenoxy) is 1. The lowest BCUT2D eigenvalue weighted by atomic mass is 9.39. The molecule has 3 saturated heterocycles. The summed E-state index contributed by atoms with van der Waals surface area (Å²) in [5.74, 6) is 1.43. The van der Waals surface area contributed by atoms with Crippen LogP contribution in [-0.2, 0) is 4.74 Å². The number of esters is 1. The van der Waals surface area contributed by atoms with Crippen LogP contribution in [0.25, 0.3) is 0 Å². The molecule has 4 heteroatoms. The van der Waals surface area contributed by atoms with Crippen LogP contribution in [0.15, 0.2) is 42.5 Å². The van der Waals surface area contributed by atoms with Crippen LogP contribution in [0, 0.1) is 39.9 Å². The molecule has 4 nitrogen and oxygen atoms in total. The van der Waals surface area contributed by atoms with Crippen LogP contribution in [-0.4, -0.2) is 46.8 Å². The Labute approximate surface area is 183 Å². The standard InChI is InChI=1S/C27H31NO3/c1-14-16-11-17-22-26-10-6-9-25(2)13-28(22)18(20(25)26)12-27(17,23(14)29)21(26)19(16)31-24(30)15-7-4-3-5-8-15/h3-5,7-8,16-23,29H,1,6,9-13H2,2H3/t16-,17-,18+,19+,20-,21+,22?,23-,25+,26+,27-/m1/s1. The van der Waals surface area contributed by atoms with Crippen molar-refractivity contribution in [3.63, 3.8) is 0 Å². The number of piperidine rings is 2. The van der Waals surface area contributed by atoms with E-state index >= 15 is 0 Å². The number of nitrogens with zero attached hydrogens (tertiary/aromatic N) is 1. The summed E-state index contributed by atoms with van der Waals surface area (Å²) in [7, 11) is 0. The zero-order valence-electron chi connectivity index (χ0n) is 18.2. The summed E-state index contributed by atoms with van der Waals surface area (Å²) < 4.78 is 6.46. The van der Waals surface area contributed by atoms with Crippen molar-refractivity contribution >= 4 is 5.97 Å². The van der Waals surface area contributed by atoms with E-state index < -0.39 is 6.10 Å². The van der Waals surface area contributed by atoms with Gasteiger partial charge in [-0.2, -0.15) is 0 Å². The van der Waals surface area contributed by atoms with E-state index in [2.05, 4.69) is 18.4 Å². The number of benzene rings is 1. The first-order valence-electron chi connectivity index (χ1n) is 12.3. The molecule has 9 bridgehead atoms. The quantitative estimate of drug-likeness (QED) is 0.589. The van der Waals surface area contributed by atoms with Crippen LogP contribution in [0.1, 0.15) is 49.4 Å². The molecule has 9 fully saturated rings. The average molecular weight is 418 g/mol. The van der Waals surface area contributed by atoms with E-state index in [1.807, 2.05) is 30.3 Å². The van der Waals surface area contributed by atoms with Gasteiger partial charge in [0.15, 0.2) is 0 Å². The maximum atomic E-state index is 13.2. The molecule has 1 N–H and O–H groups in total. The summed E-state index contributed by atoms with van der Waals surface area (Å²) in [5.41, 5.74) is 2.06. The summed E-state index contributed by atoms with van der Waals surface area (Å²) in [6, 6.07) is 10.6. The molecule has 3 aliphatic heterocycles. The third-order valence-electron chi connectivity index (χ3n) is 11.6. The fraction of sp³-hybridized carbons (Fsp3) is 0.667. The number of carbonyl (C=O) groups excluding carboxylic acids is 1. The Morgan fingerprint density at radius 1 is 1.19 bits per heavy atom. The molecule has 6 saturated carbocycles. The largest absolute Gasteiger partial charge is 0.458 e. The number of rotatable bonds is 2. The molecule has 2 spiro atoms. The van der Waals surface area contributed by atoms with Gasteiger partial charge in [0.25, 0.3) is 0 Å². The Morgan fingerprint density at radius 2 is 2.00 bits per heavy atom.